The molecule has 0 saturated carbocycles. The van der Waals surface area contributed by atoms with Gasteiger partial charge in [-0.05, 0) is 12.1 Å². The topological polar surface area (TPSA) is 30.2 Å². The normalized spacial score (nSPS) is 10.7. The standard InChI is InChI=1S/C9H12O2S/c1-6(2)12-9-5-4-8(11-9)7(3)10/h4-6H,1-3H3. The molecular formula is C9H12O2S. The lowest BCUT2D eigenvalue weighted by Crippen LogP contribution is -1.87. The molecule has 0 radical (unpaired) electrons. The van der Waals surface area contributed by atoms with Gasteiger partial charge < -0.3 is 4.42 Å². The van der Waals surface area contributed by atoms with Gasteiger partial charge in [-0.1, -0.05) is 25.6 Å². The van der Waals surface area contributed by atoms with Gasteiger partial charge in [0, 0.05) is 12.2 Å². The van der Waals surface area contributed by atoms with Gasteiger partial charge in [-0.2, -0.15) is 0 Å². The molecule has 0 aliphatic carbocycles. The van der Waals surface area contributed by atoms with Gasteiger partial charge in [-0.3, -0.25) is 4.79 Å². The van der Waals surface area contributed by atoms with E-state index in [4.69, 9.17) is 4.42 Å². The van der Waals surface area contributed by atoms with Gasteiger partial charge in [0.2, 0.25) is 0 Å². The number of Topliss-reactive ketones (excluding diaryl/α,β-unsaturated/α-hetero) is 1. The van der Waals surface area contributed by atoms with E-state index in [1.807, 2.05) is 6.07 Å². The van der Waals surface area contributed by atoms with Crippen LogP contribution in [0.3, 0.4) is 0 Å². The van der Waals surface area contributed by atoms with Crippen molar-refractivity contribution in [2.75, 3.05) is 0 Å². The Hall–Kier alpha value is -0.700. The van der Waals surface area contributed by atoms with Gasteiger partial charge >= 0.3 is 0 Å². The van der Waals surface area contributed by atoms with E-state index in [9.17, 15) is 4.79 Å². The molecule has 0 aliphatic heterocycles. The third-order valence-electron chi connectivity index (χ3n) is 1.28. The molecule has 0 atom stereocenters. The molecule has 0 bridgehead atoms. The first kappa shape index (κ1) is 9.39. The van der Waals surface area contributed by atoms with Crippen LogP contribution in [0.2, 0.25) is 0 Å². The van der Waals surface area contributed by atoms with E-state index in [0.29, 0.717) is 11.0 Å². The van der Waals surface area contributed by atoms with Crippen LogP contribution in [0.5, 0.6) is 0 Å². The van der Waals surface area contributed by atoms with Crippen molar-refractivity contribution < 1.29 is 9.21 Å². The van der Waals surface area contributed by atoms with Gasteiger partial charge in [-0.15, -0.1) is 0 Å². The maximum atomic E-state index is 10.8. The van der Waals surface area contributed by atoms with Crippen molar-refractivity contribution in [3.05, 3.63) is 17.9 Å². The second-order valence-electron chi connectivity index (χ2n) is 2.84. The van der Waals surface area contributed by atoms with E-state index in [-0.39, 0.29) is 5.78 Å². The van der Waals surface area contributed by atoms with Crippen molar-refractivity contribution >= 4 is 17.5 Å². The molecule has 1 heterocycles. The Morgan fingerprint density at radius 1 is 1.50 bits per heavy atom. The number of ketones is 1. The highest BCUT2D eigenvalue weighted by Gasteiger charge is 2.07. The van der Waals surface area contributed by atoms with Crippen molar-refractivity contribution in [2.24, 2.45) is 0 Å². The van der Waals surface area contributed by atoms with Crippen molar-refractivity contribution in [3.8, 4) is 0 Å². The smallest absolute Gasteiger partial charge is 0.194 e. The molecule has 1 aromatic rings. The molecule has 0 amide bonds. The summed E-state index contributed by atoms with van der Waals surface area (Å²) in [5, 5.41) is 1.30. The van der Waals surface area contributed by atoms with E-state index in [2.05, 4.69) is 13.8 Å². The monoisotopic (exact) mass is 184 g/mol. The largest absolute Gasteiger partial charge is 0.447 e. The van der Waals surface area contributed by atoms with E-state index in [1.165, 1.54) is 6.92 Å². The first-order chi connectivity index (χ1) is 5.59. The number of hydrogen-bond acceptors (Lipinski definition) is 3. The highest BCUT2D eigenvalue weighted by atomic mass is 32.2. The quantitative estimate of drug-likeness (QED) is 0.534. The Balaban J connectivity index is 2.71. The van der Waals surface area contributed by atoms with E-state index >= 15 is 0 Å². The van der Waals surface area contributed by atoms with Crippen molar-refractivity contribution in [1.82, 2.24) is 0 Å². The highest BCUT2D eigenvalue weighted by Crippen LogP contribution is 2.24. The molecule has 66 valence electrons. The van der Waals surface area contributed by atoms with Crippen LogP contribution in [0.1, 0.15) is 31.3 Å². The minimum atomic E-state index is -0.0226. The Morgan fingerprint density at radius 2 is 2.17 bits per heavy atom. The predicted molar refractivity (Wildman–Crippen MR) is 49.7 cm³/mol. The zero-order valence-corrected chi connectivity index (χ0v) is 8.27. The van der Waals surface area contributed by atoms with E-state index < -0.39 is 0 Å². The summed E-state index contributed by atoms with van der Waals surface area (Å²) in [5.41, 5.74) is 0. The molecule has 1 aromatic heterocycles. The molecule has 0 aromatic carbocycles. The second kappa shape index (κ2) is 3.81. The lowest BCUT2D eigenvalue weighted by Gasteiger charge is -1.98. The molecule has 0 N–H and O–H groups in total. The van der Waals surface area contributed by atoms with Crippen LogP contribution in [0.4, 0.5) is 0 Å². The second-order valence-corrected chi connectivity index (χ2v) is 4.42. The summed E-state index contributed by atoms with van der Waals surface area (Å²) in [5.74, 6) is 0.420. The fourth-order valence-corrected chi connectivity index (χ4v) is 1.55. The maximum Gasteiger partial charge on any atom is 0.194 e. The number of rotatable bonds is 3. The number of thioether (sulfide) groups is 1. The average molecular weight is 184 g/mol. The lowest BCUT2D eigenvalue weighted by molar-refractivity contribution is 0.0982. The SMILES string of the molecule is CC(=O)c1ccc(SC(C)C)o1. The Bertz CT molecular complexity index is 276. The van der Waals surface area contributed by atoms with Crippen molar-refractivity contribution in [2.45, 2.75) is 31.1 Å². The zero-order valence-electron chi connectivity index (χ0n) is 7.46. The summed E-state index contributed by atoms with van der Waals surface area (Å²) in [6.45, 7) is 5.67. The number of carbonyl (C=O) groups excluding carboxylic acids is 1. The average Bonchev–Trinajstić information content (AvgIpc) is 2.34. The Morgan fingerprint density at radius 3 is 2.58 bits per heavy atom. The molecule has 0 saturated heterocycles. The van der Waals surface area contributed by atoms with Gasteiger partial charge in [0.05, 0.1) is 0 Å². The van der Waals surface area contributed by atoms with Crippen LogP contribution in [0, 0.1) is 0 Å². The minimum absolute atomic E-state index is 0.0226. The van der Waals surface area contributed by atoms with Gasteiger partial charge in [-0.25, -0.2) is 0 Å². The van der Waals surface area contributed by atoms with Crippen LogP contribution in [0.15, 0.2) is 21.6 Å². The Kier molecular flexibility index (Phi) is 2.98. The van der Waals surface area contributed by atoms with Crippen LogP contribution in [-0.2, 0) is 0 Å². The maximum absolute atomic E-state index is 10.8. The van der Waals surface area contributed by atoms with E-state index in [0.717, 1.165) is 5.09 Å². The van der Waals surface area contributed by atoms with Gasteiger partial charge in [0.15, 0.2) is 16.6 Å². The molecule has 0 aliphatic rings. The summed E-state index contributed by atoms with van der Waals surface area (Å²) in [4.78, 5) is 10.8. The van der Waals surface area contributed by atoms with Crippen LogP contribution >= 0.6 is 11.8 Å². The molecule has 0 spiro atoms. The molecule has 2 nitrogen and oxygen atoms in total. The van der Waals surface area contributed by atoms with Crippen LogP contribution in [-0.4, -0.2) is 11.0 Å². The van der Waals surface area contributed by atoms with Crippen LogP contribution < -0.4 is 0 Å². The predicted octanol–water partition coefficient (Wildman–Crippen LogP) is 2.98. The molecular weight excluding hydrogens is 172 g/mol. The Labute approximate surface area is 76.3 Å². The fraction of sp³-hybridized carbons (Fsp3) is 0.444. The summed E-state index contributed by atoms with van der Waals surface area (Å²) < 4.78 is 5.27. The minimum Gasteiger partial charge on any atom is -0.447 e. The number of furan rings is 1. The lowest BCUT2D eigenvalue weighted by atomic mass is 10.3. The fourth-order valence-electron chi connectivity index (χ4n) is 0.805. The number of carbonyl (C=O) groups is 1. The summed E-state index contributed by atoms with van der Waals surface area (Å²) in [7, 11) is 0. The van der Waals surface area contributed by atoms with Crippen molar-refractivity contribution in [3.63, 3.8) is 0 Å². The van der Waals surface area contributed by atoms with Crippen LogP contribution in [0.25, 0.3) is 0 Å². The highest BCUT2D eigenvalue weighted by molar-refractivity contribution is 7.99. The summed E-state index contributed by atoms with van der Waals surface area (Å²) >= 11 is 1.62. The zero-order chi connectivity index (χ0) is 9.14. The first-order valence-electron chi connectivity index (χ1n) is 3.87. The first-order valence-corrected chi connectivity index (χ1v) is 4.75. The molecule has 0 fully saturated rings. The molecule has 1 rings (SSSR count). The van der Waals surface area contributed by atoms with Gasteiger partial charge in [0.1, 0.15) is 0 Å². The molecule has 3 heteroatoms. The summed E-state index contributed by atoms with van der Waals surface area (Å²) in [6.07, 6.45) is 0. The number of hydrogen-bond donors (Lipinski definition) is 0. The molecule has 12 heavy (non-hydrogen) atoms. The third kappa shape index (κ3) is 2.41. The van der Waals surface area contributed by atoms with E-state index in [1.54, 1.807) is 17.8 Å². The van der Waals surface area contributed by atoms with Crippen molar-refractivity contribution in [1.29, 1.82) is 0 Å². The molecule has 0 unspecified atom stereocenters. The third-order valence-corrected chi connectivity index (χ3v) is 2.20. The van der Waals surface area contributed by atoms with Gasteiger partial charge in [0.25, 0.3) is 0 Å². The summed E-state index contributed by atoms with van der Waals surface area (Å²) in [6, 6.07) is 3.55.